The summed E-state index contributed by atoms with van der Waals surface area (Å²) in [6, 6.07) is 3.31. The molecule has 0 radical (unpaired) electrons. The third kappa shape index (κ3) is 4.33. The molecule has 7 heteroatoms. The predicted octanol–water partition coefficient (Wildman–Crippen LogP) is 0.288. The second-order valence-electron chi connectivity index (χ2n) is 3.67. The van der Waals surface area contributed by atoms with Crippen LogP contribution in [0.3, 0.4) is 0 Å². The molecule has 0 unspecified atom stereocenters. The summed E-state index contributed by atoms with van der Waals surface area (Å²) >= 11 is 0. The summed E-state index contributed by atoms with van der Waals surface area (Å²) in [4.78, 5) is 15.6. The molecular formula is C11H17N3O3S. The van der Waals surface area contributed by atoms with Crippen molar-refractivity contribution >= 4 is 21.4 Å². The lowest BCUT2D eigenvalue weighted by Gasteiger charge is -2.05. The summed E-state index contributed by atoms with van der Waals surface area (Å²) in [7, 11) is -1.30. The first-order chi connectivity index (χ1) is 8.48. The smallest absolute Gasteiger partial charge is 0.269 e. The van der Waals surface area contributed by atoms with Gasteiger partial charge in [0.1, 0.15) is 5.69 Å². The zero-order valence-corrected chi connectivity index (χ0v) is 11.3. The Morgan fingerprint density at radius 1 is 1.39 bits per heavy atom. The quantitative estimate of drug-likeness (QED) is 0.776. The van der Waals surface area contributed by atoms with Gasteiger partial charge in [-0.1, -0.05) is 6.92 Å². The summed E-state index contributed by atoms with van der Waals surface area (Å²) in [6.45, 7) is 1.68. The first kappa shape index (κ1) is 14.4. The van der Waals surface area contributed by atoms with Gasteiger partial charge in [0.15, 0.2) is 9.84 Å². The van der Waals surface area contributed by atoms with Gasteiger partial charge in [-0.05, 0) is 12.1 Å². The van der Waals surface area contributed by atoms with Crippen molar-refractivity contribution in [2.75, 3.05) is 30.4 Å². The number of hydrogen-bond donors (Lipinski definition) is 2. The molecule has 100 valence electrons. The topological polar surface area (TPSA) is 88.2 Å². The lowest BCUT2D eigenvalue weighted by molar-refractivity contribution is 0.0951. The molecule has 0 aliphatic heterocycles. The van der Waals surface area contributed by atoms with Gasteiger partial charge in [0, 0.05) is 19.3 Å². The summed E-state index contributed by atoms with van der Waals surface area (Å²) in [6.07, 6.45) is 1.54. The molecule has 0 aliphatic carbocycles. The Hall–Kier alpha value is -1.63. The van der Waals surface area contributed by atoms with Crippen molar-refractivity contribution in [3.05, 3.63) is 24.0 Å². The highest BCUT2D eigenvalue weighted by molar-refractivity contribution is 7.91. The lowest BCUT2D eigenvalue weighted by Crippen LogP contribution is -2.30. The Morgan fingerprint density at radius 3 is 2.61 bits per heavy atom. The van der Waals surface area contributed by atoms with Gasteiger partial charge in [0.05, 0.1) is 17.6 Å². The molecule has 1 heterocycles. The summed E-state index contributed by atoms with van der Waals surface area (Å²) < 4.78 is 22.5. The van der Waals surface area contributed by atoms with Crippen LogP contribution in [-0.4, -0.2) is 44.4 Å². The number of carbonyl (C=O) groups excluding carboxylic acids is 1. The van der Waals surface area contributed by atoms with Crippen LogP contribution in [0, 0.1) is 0 Å². The first-order valence-corrected chi connectivity index (χ1v) is 7.43. The maximum Gasteiger partial charge on any atom is 0.269 e. The zero-order chi connectivity index (χ0) is 13.6. The highest BCUT2D eigenvalue weighted by atomic mass is 32.2. The van der Waals surface area contributed by atoms with E-state index in [0.29, 0.717) is 0 Å². The van der Waals surface area contributed by atoms with E-state index in [9.17, 15) is 13.2 Å². The van der Waals surface area contributed by atoms with Gasteiger partial charge in [-0.15, -0.1) is 0 Å². The molecule has 0 atom stereocenters. The highest BCUT2D eigenvalue weighted by Crippen LogP contribution is 2.04. The summed E-state index contributed by atoms with van der Waals surface area (Å²) in [5.74, 6) is -0.342. The van der Waals surface area contributed by atoms with Crippen molar-refractivity contribution in [2.45, 2.75) is 6.92 Å². The predicted molar refractivity (Wildman–Crippen MR) is 70.4 cm³/mol. The zero-order valence-electron chi connectivity index (χ0n) is 10.4. The van der Waals surface area contributed by atoms with Crippen LogP contribution in [0.25, 0.3) is 0 Å². The van der Waals surface area contributed by atoms with E-state index >= 15 is 0 Å². The van der Waals surface area contributed by atoms with E-state index in [2.05, 4.69) is 15.6 Å². The Bertz CT molecular complexity index is 497. The molecule has 2 N–H and O–H groups in total. The number of nitrogens with zero attached hydrogens (tertiary/aromatic N) is 1. The number of hydrogen-bond acceptors (Lipinski definition) is 5. The number of pyridine rings is 1. The third-order valence-corrected chi connectivity index (χ3v) is 4.13. The molecule has 0 bridgehead atoms. The number of sulfone groups is 1. The van der Waals surface area contributed by atoms with Crippen LogP contribution in [0.2, 0.25) is 0 Å². The minimum atomic E-state index is -3.05. The van der Waals surface area contributed by atoms with Gasteiger partial charge in [-0.25, -0.2) is 13.4 Å². The summed E-state index contributed by atoms with van der Waals surface area (Å²) in [5.41, 5.74) is 1.07. The van der Waals surface area contributed by atoms with Crippen LogP contribution in [0.4, 0.5) is 5.69 Å². The molecule has 1 rings (SSSR count). The average Bonchev–Trinajstić information content (AvgIpc) is 2.38. The van der Waals surface area contributed by atoms with Gasteiger partial charge >= 0.3 is 0 Å². The molecule has 6 nitrogen and oxygen atoms in total. The van der Waals surface area contributed by atoms with Crippen molar-refractivity contribution < 1.29 is 13.2 Å². The number of amides is 1. The molecule has 0 aliphatic rings. The fourth-order valence-electron chi connectivity index (χ4n) is 1.23. The van der Waals surface area contributed by atoms with Crippen LogP contribution >= 0.6 is 0 Å². The standard InChI is InChI=1S/C11H17N3O3S/c1-3-18(16,17)7-6-13-11(15)10-5-4-9(12-2)8-14-10/h4-5,8,12H,3,6-7H2,1-2H3,(H,13,15). The molecule has 0 fully saturated rings. The first-order valence-electron chi connectivity index (χ1n) is 5.61. The number of aromatic nitrogens is 1. The van der Waals surface area contributed by atoms with E-state index in [0.717, 1.165) is 5.69 Å². The SMILES string of the molecule is CCS(=O)(=O)CCNC(=O)c1ccc(NC)cn1. The van der Waals surface area contributed by atoms with E-state index in [1.807, 2.05) is 0 Å². The van der Waals surface area contributed by atoms with E-state index in [1.54, 1.807) is 26.1 Å². The van der Waals surface area contributed by atoms with Crippen molar-refractivity contribution in [2.24, 2.45) is 0 Å². The highest BCUT2D eigenvalue weighted by Gasteiger charge is 2.10. The van der Waals surface area contributed by atoms with Crippen molar-refractivity contribution in [1.82, 2.24) is 10.3 Å². The second kappa shape index (κ2) is 6.34. The molecule has 0 saturated carbocycles. The van der Waals surface area contributed by atoms with Crippen molar-refractivity contribution in [3.63, 3.8) is 0 Å². The van der Waals surface area contributed by atoms with Crippen LogP contribution in [0.1, 0.15) is 17.4 Å². The van der Waals surface area contributed by atoms with E-state index in [-0.39, 0.29) is 29.7 Å². The van der Waals surface area contributed by atoms with Gasteiger partial charge in [0.25, 0.3) is 5.91 Å². The Balaban J connectivity index is 2.50. The average molecular weight is 271 g/mol. The van der Waals surface area contributed by atoms with Gasteiger partial charge < -0.3 is 10.6 Å². The maximum atomic E-state index is 11.6. The molecule has 0 aromatic carbocycles. The Kier molecular flexibility index (Phi) is 5.08. The lowest BCUT2D eigenvalue weighted by atomic mass is 10.3. The van der Waals surface area contributed by atoms with Crippen molar-refractivity contribution in [3.8, 4) is 0 Å². The fourth-order valence-corrected chi connectivity index (χ4v) is 1.93. The molecule has 1 amide bonds. The number of anilines is 1. The molecule has 0 spiro atoms. The van der Waals surface area contributed by atoms with Gasteiger partial charge in [-0.3, -0.25) is 4.79 Å². The Labute approximate surface area is 107 Å². The molecule has 1 aromatic heterocycles. The third-order valence-electron chi connectivity index (χ3n) is 2.42. The fraction of sp³-hybridized carbons (Fsp3) is 0.455. The molecule has 18 heavy (non-hydrogen) atoms. The molecule has 1 aromatic rings. The minimum Gasteiger partial charge on any atom is -0.387 e. The largest absolute Gasteiger partial charge is 0.387 e. The van der Waals surface area contributed by atoms with Crippen LogP contribution in [0.5, 0.6) is 0 Å². The van der Waals surface area contributed by atoms with Crippen LogP contribution in [-0.2, 0) is 9.84 Å². The number of nitrogens with one attached hydrogen (secondary N) is 2. The normalized spacial score (nSPS) is 11.0. The molecular weight excluding hydrogens is 254 g/mol. The summed E-state index contributed by atoms with van der Waals surface area (Å²) in [5, 5.41) is 5.42. The van der Waals surface area contributed by atoms with Crippen LogP contribution in [0.15, 0.2) is 18.3 Å². The van der Waals surface area contributed by atoms with E-state index in [4.69, 9.17) is 0 Å². The van der Waals surface area contributed by atoms with E-state index in [1.165, 1.54) is 6.20 Å². The van der Waals surface area contributed by atoms with Gasteiger partial charge in [-0.2, -0.15) is 0 Å². The Morgan fingerprint density at radius 2 is 2.11 bits per heavy atom. The second-order valence-corrected chi connectivity index (χ2v) is 6.15. The maximum absolute atomic E-state index is 11.6. The number of carbonyl (C=O) groups is 1. The van der Waals surface area contributed by atoms with E-state index < -0.39 is 9.84 Å². The van der Waals surface area contributed by atoms with Crippen molar-refractivity contribution in [1.29, 1.82) is 0 Å². The molecule has 0 saturated heterocycles. The number of rotatable bonds is 6. The van der Waals surface area contributed by atoms with Crippen LogP contribution < -0.4 is 10.6 Å². The van der Waals surface area contributed by atoms with Gasteiger partial charge in [0.2, 0.25) is 0 Å². The minimum absolute atomic E-state index is 0.0517. The monoisotopic (exact) mass is 271 g/mol.